The molecule has 0 radical (unpaired) electrons. The minimum atomic E-state index is 0.545. The van der Waals surface area contributed by atoms with Crippen LogP contribution in [-0.2, 0) is 4.74 Å². The van der Waals surface area contributed by atoms with Gasteiger partial charge in [0.2, 0.25) is 0 Å². The Hall–Kier alpha value is -0.0400. The summed E-state index contributed by atoms with van der Waals surface area (Å²) in [4.78, 5) is 0. The van der Waals surface area contributed by atoms with Crippen LogP contribution in [0.2, 0.25) is 0 Å². The van der Waals surface area contributed by atoms with Crippen molar-refractivity contribution in [3.8, 4) is 0 Å². The highest BCUT2D eigenvalue weighted by atomic mass is 16.5. The largest absolute Gasteiger partial charge is 0.375 e. The molecule has 11 heavy (non-hydrogen) atoms. The number of rotatable bonds is 2. The first-order valence-corrected chi connectivity index (χ1v) is 4.91. The van der Waals surface area contributed by atoms with Crippen molar-refractivity contribution in [3.63, 3.8) is 0 Å². The lowest BCUT2D eigenvalue weighted by atomic mass is 9.91. The number of hydrogen-bond acceptors (Lipinski definition) is 1. The van der Waals surface area contributed by atoms with Gasteiger partial charge in [0.1, 0.15) is 0 Å². The second-order valence-corrected chi connectivity index (χ2v) is 3.77. The zero-order valence-corrected chi connectivity index (χ0v) is 7.97. The molecule has 0 spiro atoms. The zero-order valence-electron chi connectivity index (χ0n) is 7.97. The third kappa shape index (κ3) is 2.48. The van der Waals surface area contributed by atoms with Crippen LogP contribution in [0.4, 0.5) is 0 Å². The van der Waals surface area contributed by atoms with Crippen molar-refractivity contribution in [1.82, 2.24) is 0 Å². The van der Waals surface area contributed by atoms with Gasteiger partial charge in [0.25, 0.3) is 0 Å². The van der Waals surface area contributed by atoms with Crippen LogP contribution >= 0.6 is 0 Å². The van der Waals surface area contributed by atoms with Gasteiger partial charge in [-0.3, -0.25) is 0 Å². The molecule has 0 aromatic rings. The van der Waals surface area contributed by atoms with Crippen molar-refractivity contribution >= 4 is 0 Å². The minimum Gasteiger partial charge on any atom is -0.375 e. The maximum Gasteiger partial charge on any atom is 0.0578 e. The monoisotopic (exact) mass is 156 g/mol. The van der Waals surface area contributed by atoms with Crippen molar-refractivity contribution in [3.05, 3.63) is 0 Å². The molecule has 2 unspecified atom stereocenters. The Balaban J connectivity index is 2.37. The van der Waals surface area contributed by atoms with Crippen LogP contribution in [0.25, 0.3) is 0 Å². The van der Waals surface area contributed by atoms with Gasteiger partial charge in [-0.1, -0.05) is 20.8 Å². The maximum atomic E-state index is 5.86. The average Bonchev–Trinajstić information content (AvgIpc) is 2.03. The van der Waals surface area contributed by atoms with E-state index in [9.17, 15) is 0 Å². The van der Waals surface area contributed by atoms with Crippen molar-refractivity contribution < 1.29 is 4.74 Å². The molecule has 0 saturated carbocycles. The topological polar surface area (TPSA) is 9.23 Å². The highest BCUT2D eigenvalue weighted by Crippen LogP contribution is 2.27. The summed E-state index contributed by atoms with van der Waals surface area (Å²) < 4.78 is 5.86. The fourth-order valence-corrected chi connectivity index (χ4v) is 1.90. The summed E-state index contributed by atoms with van der Waals surface area (Å²) in [5.41, 5.74) is 0. The number of hydrogen-bond donors (Lipinski definition) is 0. The van der Waals surface area contributed by atoms with Crippen LogP contribution in [0.3, 0.4) is 0 Å². The third-order valence-corrected chi connectivity index (χ3v) is 2.63. The Kier molecular flexibility index (Phi) is 3.38. The Bertz CT molecular complexity index is 99.4. The van der Waals surface area contributed by atoms with E-state index in [4.69, 9.17) is 4.74 Å². The summed E-state index contributed by atoms with van der Waals surface area (Å²) in [5.74, 6) is 0.874. The van der Waals surface area contributed by atoms with E-state index in [1.54, 1.807) is 0 Å². The summed E-state index contributed by atoms with van der Waals surface area (Å²) >= 11 is 0. The summed E-state index contributed by atoms with van der Waals surface area (Å²) in [5, 5.41) is 0. The standard InChI is InChI=1S/C10H20O/c1-4-9-6-8(3)7-10(5-2)11-9/h8-10H,4-7H2,1-3H3. The van der Waals surface area contributed by atoms with E-state index >= 15 is 0 Å². The van der Waals surface area contributed by atoms with Crippen LogP contribution in [0, 0.1) is 5.92 Å². The molecule has 1 rings (SSSR count). The van der Waals surface area contributed by atoms with E-state index in [1.165, 1.54) is 25.7 Å². The van der Waals surface area contributed by atoms with Gasteiger partial charge in [0.15, 0.2) is 0 Å². The quantitative estimate of drug-likeness (QED) is 0.597. The lowest BCUT2D eigenvalue weighted by molar-refractivity contribution is -0.0697. The molecule has 1 heterocycles. The van der Waals surface area contributed by atoms with E-state index < -0.39 is 0 Å². The highest BCUT2D eigenvalue weighted by Gasteiger charge is 2.24. The van der Waals surface area contributed by atoms with Crippen LogP contribution in [0.1, 0.15) is 46.5 Å². The molecule has 0 aliphatic carbocycles. The Morgan fingerprint density at radius 2 is 1.55 bits per heavy atom. The molecule has 1 fully saturated rings. The zero-order chi connectivity index (χ0) is 8.27. The first kappa shape index (κ1) is 9.05. The minimum absolute atomic E-state index is 0.545. The van der Waals surface area contributed by atoms with E-state index in [0.29, 0.717) is 12.2 Å². The normalized spacial score (nSPS) is 39.0. The Labute approximate surface area is 70.1 Å². The van der Waals surface area contributed by atoms with Crippen molar-refractivity contribution in [2.24, 2.45) is 5.92 Å². The summed E-state index contributed by atoms with van der Waals surface area (Å²) in [6, 6.07) is 0. The molecule has 1 aliphatic heterocycles. The fraction of sp³-hybridized carbons (Fsp3) is 1.00. The summed E-state index contributed by atoms with van der Waals surface area (Å²) in [7, 11) is 0. The van der Waals surface area contributed by atoms with Gasteiger partial charge in [-0.25, -0.2) is 0 Å². The molecule has 66 valence electrons. The van der Waals surface area contributed by atoms with Crippen LogP contribution in [-0.4, -0.2) is 12.2 Å². The fourth-order valence-electron chi connectivity index (χ4n) is 1.90. The van der Waals surface area contributed by atoms with Gasteiger partial charge in [0, 0.05) is 0 Å². The third-order valence-electron chi connectivity index (χ3n) is 2.63. The molecule has 2 atom stereocenters. The molecular weight excluding hydrogens is 136 g/mol. The van der Waals surface area contributed by atoms with E-state index in [0.717, 1.165) is 5.92 Å². The van der Waals surface area contributed by atoms with E-state index in [2.05, 4.69) is 20.8 Å². The van der Waals surface area contributed by atoms with Crippen LogP contribution in [0.5, 0.6) is 0 Å². The van der Waals surface area contributed by atoms with E-state index in [-0.39, 0.29) is 0 Å². The van der Waals surface area contributed by atoms with Gasteiger partial charge in [0.05, 0.1) is 12.2 Å². The van der Waals surface area contributed by atoms with Crippen LogP contribution < -0.4 is 0 Å². The van der Waals surface area contributed by atoms with Gasteiger partial charge < -0.3 is 4.74 Å². The SMILES string of the molecule is CCC1CC(C)CC(CC)O1. The van der Waals surface area contributed by atoms with Crippen LogP contribution in [0.15, 0.2) is 0 Å². The van der Waals surface area contributed by atoms with Gasteiger partial charge in [-0.2, -0.15) is 0 Å². The average molecular weight is 156 g/mol. The van der Waals surface area contributed by atoms with Crippen molar-refractivity contribution in [2.45, 2.75) is 58.7 Å². The molecule has 0 amide bonds. The Morgan fingerprint density at radius 1 is 1.09 bits per heavy atom. The summed E-state index contributed by atoms with van der Waals surface area (Å²) in [6.07, 6.45) is 5.99. The van der Waals surface area contributed by atoms with Crippen molar-refractivity contribution in [2.75, 3.05) is 0 Å². The lowest BCUT2D eigenvalue weighted by Crippen LogP contribution is -2.30. The predicted octanol–water partition coefficient (Wildman–Crippen LogP) is 2.99. The molecule has 0 aromatic heterocycles. The first-order valence-electron chi connectivity index (χ1n) is 4.91. The number of ether oxygens (including phenoxy) is 1. The highest BCUT2D eigenvalue weighted by molar-refractivity contribution is 4.73. The smallest absolute Gasteiger partial charge is 0.0578 e. The van der Waals surface area contributed by atoms with Crippen molar-refractivity contribution in [1.29, 1.82) is 0 Å². The molecule has 1 saturated heterocycles. The molecule has 1 heteroatoms. The first-order chi connectivity index (χ1) is 5.26. The molecular formula is C10H20O. The predicted molar refractivity (Wildman–Crippen MR) is 47.6 cm³/mol. The summed E-state index contributed by atoms with van der Waals surface area (Å²) in [6.45, 7) is 6.78. The molecule has 1 nitrogen and oxygen atoms in total. The van der Waals surface area contributed by atoms with Gasteiger partial charge in [-0.05, 0) is 31.6 Å². The Morgan fingerprint density at radius 3 is 1.91 bits per heavy atom. The second-order valence-electron chi connectivity index (χ2n) is 3.77. The van der Waals surface area contributed by atoms with E-state index in [1.807, 2.05) is 0 Å². The molecule has 1 aliphatic rings. The molecule has 0 N–H and O–H groups in total. The van der Waals surface area contributed by atoms with Gasteiger partial charge >= 0.3 is 0 Å². The lowest BCUT2D eigenvalue weighted by Gasteiger charge is -2.33. The maximum absolute atomic E-state index is 5.86. The molecule has 0 aromatic carbocycles. The molecule has 0 bridgehead atoms. The second kappa shape index (κ2) is 4.10. The van der Waals surface area contributed by atoms with Gasteiger partial charge in [-0.15, -0.1) is 0 Å².